The molecule has 1 N–H and O–H groups in total. The summed E-state index contributed by atoms with van der Waals surface area (Å²) in [4.78, 5) is 14.7. The molecule has 2 fully saturated rings. The smallest absolute Gasteiger partial charge is 0.243 e. The van der Waals surface area contributed by atoms with Crippen molar-refractivity contribution in [2.75, 3.05) is 19.7 Å². The predicted molar refractivity (Wildman–Crippen MR) is 118 cm³/mol. The minimum atomic E-state index is -3.75. The van der Waals surface area contributed by atoms with Crippen LogP contribution in [0.3, 0.4) is 0 Å². The average Bonchev–Trinajstić information content (AvgIpc) is 3.31. The maximum Gasteiger partial charge on any atom is 0.243 e. The van der Waals surface area contributed by atoms with E-state index in [9.17, 15) is 18.3 Å². The van der Waals surface area contributed by atoms with E-state index >= 15 is 0 Å². The SMILES string of the molecule is O=C1CN(S(=O)(=O)c2ccccc2)C[C@@H]2[C@H](c3ccc(C4=CCCC4)cc3)[C@@H](CO)N12. The number of carbonyl (C=O) groups excluding carboxylic acids is 1. The minimum absolute atomic E-state index is 0.0886. The lowest BCUT2D eigenvalue weighted by atomic mass is 9.74. The molecule has 2 saturated heterocycles. The van der Waals surface area contributed by atoms with Crippen LogP contribution in [0.5, 0.6) is 0 Å². The van der Waals surface area contributed by atoms with Crippen molar-refractivity contribution in [1.82, 2.24) is 9.21 Å². The van der Waals surface area contributed by atoms with Gasteiger partial charge in [0.05, 0.1) is 30.1 Å². The molecule has 7 heteroatoms. The molecule has 2 aromatic rings. The van der Waals surface area contributed by atoms with E-state index in [1.54, 1.807) is 35.2 Å². The van der Waals surface area contributed by atoms with Crippen molar-refractivity contribution in [3.05, 3.63) is 71.8 Å². The van der Waals surface area contributed by atoms with Gasteiger partial charge in [0.2, 0.25) is 15.9 Å². The summed E-state index contributed by atoms with van der Waals surface area (Å²) in [6.45, 7) is -0.0909. The van der Waals surface area contributed by atoms with Crippen LogP contribution < -0.4 is 0 Å². The van der Waals surface area contributed by atoms with Gasteiger partial charge in [-0.25, -0.2) is 8.42 Å². The Morgan fingerprint density at radius 3 is 2.42 bits per heavy atom. The molecule has 2 heterocycles. The Bertz CT molecular complexity index is 1110. The van der Waals surface area contributed by atoms with E-state index in [1.165, 1.54) is 21.9 Å². The number of piperazine rings is 1. The number of hydrogen-bond acceptors (Lipinski definition) is 4. The minimum Gasteiger partial charge on any atom is -0.394 e. The summed E-state index contributed by atoms with van der Waals surface area (Å²) in [6, 6.07) is 16.0. The number of sulfonamides is 1. The molecular formula is C24H26N2O4S. The van der Waals surface area contributed by atoms with Crippen molar-refractivity contribution < 1.29 is 18.3 Å². The third-order valence-electron chi connectivity index (χ3n) is 6.81. The van der Waals surface area contributed by atoms with Gasteiger partial charge in [-0.2, -0.15) is 4.31 Å². The van der Waals surface area contributed by atoms with Gasteiger partial charge in [0, 0.05) is 12.5 Å². The highest BCUT2D eigenvalue weighted by Gasteiger charge is 2.55. The van der Waals surface area contributed by atoms with Crippen molar-refractivity contribution in [3.8, 4) is 0 Å². The highest BCUT2D eigenvalue weighted by molar-refractivity contribution is 7.89. The number of hydrogen-bond donors (Lipinski definition) is 1. The molecule has 0 aromatic heterocycles. The third-order valence-corrected chi connectivity index (χ3v) is 8.64. The summed E-state index contributed by atoms with van der Waals surface area (Å²) in [6.07, 6.45) is 5.69. The van der Waals surface area contributed by atoms with Crippen molar-refractivity contribution in [2.45, 2.75) is 42.2 Å². The van der Waals surface area contributed by atoms with Gasteiger partial charge in [-0.05, 0) is 48.1 Å². The molecule has 1 amide bonds. The molecule has 2 aliphatic heterocycles. The number of rotatable bonds is 5. The Kier molecular flexibility index (Phi) is 5.20. The van der Waals surface area contributed by atoms with Gasteiger partial charge in [-0.15, -0.1) is 0 Å². The number of aliphatic hydroxyl groups excluding tert-OH is 1. The van der Waals surface area contributed by atoms with Crippen molar-refractivity contribution in [2.24, 2.45) is 0 Å². The van der Waals surface area contributed by atoms with Gasteiger partial charge in [0.25, 0.3) is 0 Å². The molecule has 0 saturated carbocycles. The summed E-state index contributed by atoms with van der Waals surface area (Å²) in [5, 5.41) is 9.97. The molecule has 3 aliphatic rings. The summed E-state index contributed by atoms with van der Waals surface area (Å²) < 4.78 is 27.5. The molecule has 0 unspecified atom stereocenters. The molecule has 3 atom stereocenters. The van der Waals surface area contributed by atoms with Gasteiger partial charge in [0.15, 0.2) is 0 Å². The molecular weight excluding hydrogens is 412 g/mol. The Morgan fingerprint density at radius 2 is 1.77 bits per heavy atom. The van der Waals surface area contributed by atoms with Crippen LogP contribution in [0, 0.1) is 0 Å². The number of aliphatic hydroxyl groups is 1. The fourth-order valence-corrected chi connectivity index (χ4v) is 6.68. The number of nitrogens with zero attached hydrogens (tertiary/aromatic N) is 2. The Balaban J connectivity index is 1.41. The summed E-state index contributed by atoms with van der Waals surface area (Å²) in [5.74, 6) is -0.340. The molecule has 0 spiro atoms. The number of fused-ring (bicyclic) bond motifs is 1. The van der Waals surface area contributed by atoms with Crippen LogP contribution in [0.2, 0.25) is 0 Å². The van der Waals surface area contributed by atoms with Crippen molar-refractivity contribution in [3.63, 3.8) is 0 Å². The van der Waals surface area contributed by atoms with Crippen molar-refractivity contribution in [1.29, 1.82) is 0 Å². The zero-order valence-corrected chi connectivity index (χ0v) is 18.0. The fourth-order valence-electron chi connectivity index (χ4n) is 5.25. The van der Waals surface area contributed by atoms with E-state index in [-0.39, 0.29) is 48.5 Å². The van der Waals surface area contributed by atoms with Gasteiger partial charge in [0.1, 0.15) is 0 Å². The van der Waals surface area contributed by atoms with E-state index < -0.39 is 10.0 Å². The number of allylic oxidation sites excluding steroid dienone is 2. The van der Waals surface area contributed by atoms with Crippen molar-refractivity contribution >= 4 is 21.5 Å². The number of amides is 1. The first-order valence-electron chi connectivity index (χ1n) is 10.8. The molecule has 1 aliphatic carbocycles. The van der Waals surface area contributed by atoms with Crippen LogP contribution in [-0.4, -0.2) is 60.4 Å². The van der Waals surface area contributed by atoms with Crippen LogP contribution in [0.15, 0.2) is 65.6 Å². The Morgan fingerprint density at radius 1 is 1.03 bits per heavy atom. The summed E-state index contributed by atoms with van der Waals surface area (Å²) in [5.41, 5.74) is 3.62. The third kappa shape index (κ3) is 3.41. The quantitative estimate of drug-likeness (QED) is 0.779. The van der Waals surface area contributed by atoms with Crippen LogP contribution in [-0.2, 0) is 14.8 Å². The lowest BCUT2D eigenvalue weighted by molar-refractivity contribution is -0.158. The standard InChI is InChI=1S/C24H26N2O4S/c27-16-22-24(19-12-10-18(11-13-19)17-6-4-5-7-17)21-14-25(15-23(28)26(21)22)31(29,30)20-8-2-1-3-9-20/h1-3,6,8-13,21-22,24,27H,4-5,7,14-16H2/t21-,22-,24+/m1/s1. The van der Waals surface area contributed by atoms with Gasteiger partial charge >= 0.3 is 0 Å². The first kappa shape index (κ1) is 20.4. The maximum absolute atomic E-state index is 13.1. The van der Waals surface area contributed by atoms with E-state index in [1.807, 2.05) is 0 Å². The van der Waals surface area contributed by atoms with Gasteiger partial charge in [-0.3, -0.25) is 4.79 Å². The zero-order valence-electron chi connectivity index (χ0n) is 17.2. The topological polar surface area (TPSA) is 77.9 Å². The Hall–Kier alpha value is -2.48. The first-order chi connectivity index (χ1) is 15.0. The maximum atomic E-state index is 13.1. The molecule has 162 valence electrons. The second-order valence-corrected chi connectivity index (χ2v) is 10.4. The summed E-state index contributed by atoms with van der Waals surface area (Å²) in [7, 11) is -3.75. The monoisotopic (exact) mass is 438 g/mol. The summed E-state index contributed by atoms with van der Waals surface area (Å²) >= 11 is 0. The highest BCUT2D eigenvalue weighted by atomic mass is 32.2. The lowest BCUT2D eigenvalue weighted by Crippen LogP contribution is -2.73. The second-order valence-electron chi connectivity index (χ2n) is 8.50. The molecule has 31 heavy (non-hydrogen) atoms. The van der Waals surface area contributed by atoms with Gasteiger partial charge in [-0.1, -0.05) is 48.5 Å². The normalized spacial score (nSPS) is 26.4. The first-order valence-corrected chi connectivity index (χ1v) is 12.2. The lowest BCUT2D eigenvalue weighted by Gasteiger charge is -2.58. The average molecular weight is 439 g/mol. The zero-order chi connectivity index (χ0) is 21.6. The number of benzene rings is 2. The van der Waals surface area contributed by atoms with E-state index in [0.717, 1.165) is 18.4 Å². The van der Waals surface area contributed by atoms with E-state index in [4.69, 9.17) is 0 Å². The van der Waals surface area contributed by atoms with Crippen LogP contribution in [0.1, 0.15) is 36.3 Å². The van der Waals surface area contributed by atoms with Crippen LogP contribution in [0.4, 0.5) is 0 Å². The van der Waals surface area contributed by atoms with Crippen LogP contribution in [0.25, 0.3) is 5.57 Å². The predicted octanol–water partition coefficient (Wildman–Crippen LogP) is 2.61. The molecule has 0 bridgehead atoms. The molecule has 0 radical (unpaired) electrons. The molecule has 5 rings (SSSR count). The van der Waals surface area contributed by atoms with Gasteiger partial charge < -0.3 is 10.0 Å². The largest absolute Gasteiger partial charge is 0.394 e. The van der Waals surface area contributed by atoms with E-state index in [2.05, 4.69) is 30.3 Å². The molecule has 2 aromatic carbocycles. The fraction of sp³-hybridized carbons (Fsp3) is 0.375. The van der Waals surface area contributed by atoms with Crippen LogP contribution >= 0.6 is 0 Å². The molecule has 6 nitrogen and oxygen atoms in total. The number of carbonyl (C=O) groups is 1. The highest BCUT2D eigenvalue weighted by Crippen LogP contribution is 2.44. The van der Waals surface area contributed by atoms with E-state index in [0.29, 0.717) is 0 Å². The second kappa shape index (κ2) is 7.89. The Labute approximate surface area is 182 Å².